The highest BCUT2D eigenvalue weighted by Crippen LogP contribution is 2.53. The highest BCUT2D eigenvalue weighted by molar-refractivity contribution is 6.84. The number of nitrogens with zero attached hydrogens (tertiary/aromatic N) is 2. The van der Waals surface area contributed by atoms with E-state index in [-0.39, 0.29) is 51.4 Å². The Morgan fingerprint density at radius 2 is 1.38 bits per heavy atom. The molecule has 14 heteroatoms. The molecule has 0 radical (unpaired) electrons. The van der Waals surface area contributed by atoms with E-state index >= 15 is 0 Å². The van der Waals surface area contributed by atoms with E-state index in [0.29, 0.717) is 0 Å². The molecule has 2 amide bonds. The van der Waals surface area contributed by atoms with Crippen molar-refractivity contribution in [1.82, 2.24) is 14.6 Å². The molecular weight excluding hydrogens is 639 g/mol. The Bertz CT molecular complexity index is 1600. The molecule has 5 rings (SSSR count). The third-order valence-electron chi connectivity index (χ3n) is 10.2. The molecule has 0 aliphatic carbocycles. The van der Waals surface area contributed by atoms with Crippen LogP contribution in [0, 0.1) is 12.8 Å². The molecule has 0 spiro atoms. The SMILES string of the molecule is Cc1cn([C@@H]2O[C@]3(C(C)C)CO[Si](C(C)C)(C(C)C)O[Si](C(C)C)(C(C)C)O[C@@H]3C2ON2C(=O)c3ccccc3C2=O)c(=O)[nH]c1=O. The largest absolute Gasteiger partial charge is 0.414 e. The van der Waals surface area contributed by atoms with Crippen LogP contribution in [0.25, 0.3) is 0 Å². The zero-order chi connectivity index (χ0) is 34.8. The first-order valence-corrected chi connectivity index (χ1v) is 20.5. The summed E-state index contributed by atoms with van der Waals surface area (Å²) in [6, 6.07) is 6.50. The van der Waals surface area contributed by atoms with Gasteiger partial charge in [-0.25, -0.2) is 4.79 Å². The number of carbonyl (C=O) groups excluding carboxylic acids is 2. The minimum Gasteiger partial charge on any atom is -0.414 e. The van der Waals surface area contributed by atoms with Crippen molar-refractivity contribution < 1.29 is 32.1 Å². The minimum absolute atomic E-state index is 0.0458. The van der Waals surface area contributed by atoms with E-state index < -0.39 is 64.2 Å². The summed E-state index contributed by atoms with van der Waals surface area (Å²) in [5.41, 5.74) is -1.71. The lowest BCUT2D eigenvalue weighted by atomic mass is 9.85. The summed E-state index contributed by atoms with van der Waals surface area (Å²) < 4.78 is 30.2. The maximum Gasteiger partial charge on any atom is 0.335 e. The van der Waals surface area contributed by atoms with Crippen LogP contribution in [-0.4, -0.2) is 68.0 Å². The molecule has 258 valence electrons. The molecule has 0 bridgehead atoms. The summed E-state index contributed by atoms with van der Waals surface area (Å²) in [5, 5.41) is 0.741. The van der Waals surface area contributed by atoms with Crippen molar-refractivity contribution in [3.63, 3.8) is 0 Å². The van der Waals surface area contributed by atoms with Crippen LogP contribution in [0.5, 0.6) is 0 Å². The number of hydroxylamine groups is 2. The van der Waals surface area contributed by atoms with E-state index in [2.05, 4.69) is 60.4 Å². The van der Waals surface area contributed by atoms with E-state index in [1.807, 2.05) is 13.8 Å². The van der Waals surface area contributed by atoms with Gasteiger partial charge < -0.3 is 17.7 Å². The zero-order valence-electron chi connectivity index (χ0n) is 29.3. The monoisotopic (exact) mass is 687 g/mol. The van der Waals surface area contributed by atoms with Gasteiger partial charge in [0, 0.05) is 11.8 Å². The fourth-order valence-corrected chi connectivity index (χ4v) is 18.6. The molecule has 3 aliphatic heterocycles. The van der Waals surface area contributed by atoms with Crippen molar-refractivity contribution in [1.29, 1.82) is 0 Å². The van der Waals surface area contributed by atoms with Gasteiger partial charge >= 0.3 is 22.8 Å². The van der Waals surface area contributed by atoms with E-state index in [0.717, 1.165) is 5.06 Å². The van der Waals surface area contributed by atoms with E-state index in [9.17, 15) is 19.2 Å². The lowest BCUT2D eigenvalue weighted by Gasteiger charge is -2.54. The van der Waals surface area contributed by atoms with E-state index in [1.165, 1.54) is 10.8 Å². The fourth-order valence-electron chi connectivity index (χ4n) is 7.32. The molecule has 2 fully saturated rings. The molecule has 12 nitrogen and oxygen atoms in total. The number of nitrogens with one attached hydrogen (secondary N) is 1. The average Bonchev–Trinajstić information content (AvgIpc) is 3.41. The normalized spacial score (nSPS) is 27.2. The number of benzene rings is 1. The van der Waals surface area contributed by atoms with Crippen LogP contribution in [0.3, 0.4) is 0 Å². The number of fused-ring (bicyclic) bond motifs is 2. The number of H-pyrrole nitrogens is 1. The van der Waals surface area contributed by atoms with E-state index in [4.69, 9.17) is 22.5 Å². The van der Waals surface area contributed by atoms with Gasteiger partial charge in [0.15, 0.2) is 12.3 Å². The number of hydrogen-bond donors (Lipinski definition) is 1. The standard InChI is InChI=1S/C33H49N3O9Si2/c1-18(2)33-17-41-46(19(3)4,20(5)6)45-47(21(7)8,22(9)10)44-27(33)26(31(42-33)35-16-23(11)28(37)34-32(35)40)43-36-29(38)24-14-12-13-15-25(24)30(36)39/h12-16,18-22,26-27,31H,17H2,1-11H3,(H,34,37,40)/t26?,27-,31-,33+/m1/s1. The molecule has 4 atom stereocenters. The summed E-state index contributed by atoms with van der Waals surface area (Å²) in [6.45, 7) is 22.5. The van der Waals surface area contributed by atoms with Crippen molar-refractivity contribution in [2.24, 2.45) is 5.92 Å². The van der Waals surface area contributed by atoms with Crippen molar-refractivity contribution >= 4 is 28.9 Å². The molecule has 1 N–H and O–H groups in total. The second-order valence-electron chi connectivity index (χ2n) is 14.6. The van der Waals surface area contributed by atoms with Crippen LogP contribution in [0.15, 0.2) is 40.1 Å². The predicted molar refractivity (Wildman–Crippen MR) is 179 cm³/mol. The number of carbonyl (C=O) groups is 2. The summed E-state index contributed by atoms with van der Waals surface area (Å²) in [7, 11) is -6.28. The van der Waals surface area contributed by atoms with Gasteiger partial charge in [0.1, 0.15) is 11.7 Å². The van der Waals surface area contributed by atoms with Gasteiger partial charge in [-0.1, -0.05) is 81.4 Å². The molecule has 1 aromatic heterocycles. The van der Waals surface area contributed by atoms with Crippen LogP contribution in [0.2, 0.25) is 22.2 Å². The predicted octanol–water partition coefficient (Wildman–Crippen LogP) is 5.32. The Balaban J connectivity index is 1.75. The summed E-state index contributed by atoms with van der Waals surface area (Å²) in [5.74, 6) is -1.51. The first-order chi connectivity index (χ1) is 21.9. The molecule has 1 unspecified atom stereocenters. The lowest BCUT2D eigenvalue weighted by molar-refractivity contribution is -0.178. The van der Waals surface area contributed by atoms with Crippen LogP contribution < -0.4 is 11.2 Å². The number of ether oxygens (including phenoxy) is 1. The van der Waals surface area contributed by atoms with Gasteiger partial charge in [-0.05, 0) is 47.1 Å². The highest BCUT2D eigenvalue weighted by Gasteiger charge is 2.68. The first kappa shape index (κ1) is 35.6. The third-order valence-corrected chi connectivity index (χ3v) is 20.4. The Labute approximate surface area is 278 Å². The van der Waals surface area contributed by atoms with Crippen LogP contribution in [0.1, 0.15) is 102 Å². The number of aryl methyl sites for hydroxylation is 1. The Hall–Kier alpha value is -2.73. The summed E-state index contributed by atoms with van der Waals surface area (Å²) in [6.07, 6.45) is -1.95. The van der Waals surface area contributed by atoms with Gasteiger partial charge in [-0.3, -0.25) is 28.8 Å². The van der Waals surface area contributed by atoms with Crippen LogP contribution in [0.4, 0.5) is 0 Å². The van der Waals surface area contributed by atoms with Crippen LogP contribution >= 0.6 is 0 Å². The van der Waals surface area contributed by atoms with Gasteiger partial charge in [0.05, 0.1) is 17.7 Å². The lowest BCUT2D eigenvalue weighted by Crippen LogP contribution is -2.69. The van der Waals surface area contributed by atoms with Gasteiger partial charge in [-0.15, -0.1) is 5.06 Å². The second kappa shape index (κ2) is 12.6. The number of aromatic nitrogens is 2. The molecule has 1 aromatic carbocycles. The molecule has 3 aliphatic rings. The molecule has 0 saturated carbocycles. The van der Waals surface area contributed by atoms with Crippen molar-refractivity contribution in [3.8, 4) is 0 Å². The second-order valence-corrected chi connectivity index (χ2v) is 23.5. The van der Waals surface area contributed by atoms with Gasteiger partial charge in [-0.2, -0.15) is 0 Å². The quantitative estimate of drug-likeness (QED) is 0.289. The minimum atomic E-state index is -3.28. The van der Waals surface area contributed by atoms with E-state index in [1.54, 1.807) is 31.2 Å². The molecule has 47 heavy (non-hydrogen) atoms. The van der Waals surface area contributed by atoms with Crippen molar-refractivity contribution in [2.75, 3.05) is 6.61 Å². The number of amides is 2. The number of hydrogen-bond acceptors (Lipinski definition) is 9. The van der Waals surface area contributed by atoms with Crippen LogP contribution in [-0.2, 0) is 22.5 Å². The number of aromatic amines is 1. The molecular formula is C33H49N3O9Si2. The number of imide groups is 1. The van der Waals surface area contributed by atoms with Gasteiger partial charge in [0.2, 0.25) is 0 Å². The highest BCUT2D eigenvalue weighted by atomic mass is 28.5. The maximum atomic E-state index is 13.6. The summed E-state index contributed by atoms with van der Waals surface area (Å²) >= 11 is 0. The Morgan fingerprint density at radius 1 is 0.851 bits per heavy atom. The molecule has 2 aromatic rings. The smallest absolute Gasteiger partial charge is 0.335 e. The Morgan fingerprint density at radius 3 is 1.87 bits per heavy atom. The number of rotatable bonds is 8. The topological polar surface area (TPSA) is 138 Å². The Kier molecular flexibility index (Phi) is 9.55. The van der Waals surface area contributed by atoms with Gasteiger partial charge in [0.25, 0.3) is 17.4 Å². The summed E-state index contributed by atoms with van der Waals surface area (Å²) in [4.78, 5) is 62.0. The molecule has 4 heterocycles. The third kappa shape index (κ3) is 5.55. The average molecular weight is 688 g/mol. The van der Waals surface area contributed by atoms with Crippen molar-refractivity contribution in [2.45, 2.75) is 122 Å². The van der Waals surface area contributed by atoms with Crippen molar-refractivity contribution in [3.05, 3.63) is 68.0 Å². The molecule has 2 saturated heterocycles. The zero-order valence-corrected chi connectivity index (χ0v) is 31.3. The maximum absolute atomic E-state index is 13.6. The first-order valence-electron chi connectivity index (χ1n) is 16.6. The fraction of sp³-hybridized carbons (Fsp3) is 0.636.